The molecule has 1 N–H and O–H groups in total. The highest BCUT2D eigenvalue weighted by Crippen LogP contribution is 2.46. The van der Waals surface area contributed by atoms with Crippen LogP contribution < -0.4 is 5.32 Å². The SMILES string of the molecule is COC(=O)c1ccc(C(=O)Nc2sc3c(c2-c2nc4ccccc4s2)CCN(Cc2ccccc2)C3)cc1. The van der Waals surface area contributed by atoms with Crippen LogP contribution in [0.3, 0.4) is 0 Å². The second-order valence-corrected chi connectivity index (χ2v) is 11.3. The zero-order chi connectivity index (χ0) is 26.1. The number of methoxy groups -OCH3 is 1. The summed E-state index contributed by atoms with van der Waals surface area (Å²) in [6.07, 6.45) is 0.896. The fourth-order valence-corrected chi connectivity index (χ4v) is 7.17. The van der Waals surface area contributed by atoms with E-state index in [2.05, 4.69) is 40.5 Å². The van der Waals surface area contributed by atoms with Crippen molar-refractivity contribution in [2.75, 3.05) is 19.0 Å². The van der Waals surface area contributed by atoms with Crippen LogP contribution in [0.5, 0.6) is 0 Å². The summed E-state index contributed by atoms with van der Waals surface area (Å²) in [6, 6.07) is 25.1. The molecule has 0 bridgehead atoms. The number of carbonyl (C=O) groups excluding carboxylic acids is 2. The number of nitrogens with one attached hydrogen (secondary N) is 1. The number of esters is 1. The highest BCUT2D eigenvalue weighted by molar-refractivity contribution is 7.23. The molecule has 6 rings (SSSR count). The first-order valence-electron chi connectivity index (χ1n) is 12.4. The Labute approximate surface area is 228 Å². The quantitative estimate of drug-likeness (QED) is 0.246. The summed E-state index contributed by atoms with van der Waals surface area (Å²) in [4.78, 5) is 33.7. The lowest BCUT2D eigenvalue weighted by atomic mass is 10.0. The van der Waals surface area contributed by atoms with E-state index in [1.807, 2.05) is 24.3 Å². The average molecular weight is 540 g/mol. The molecule has 8 heteroatoms. The lowest BCUT2D eigenvalue weighted by Gasteiger charge is -2.27. The van der Waals surface area contributed by atoms with Crippen molar-refractivity contribution in [2.24, 2.45) is 0 Å². The smallest absolute Gasteiger partial charge is 0.337 e. The number of hydrogen-bond donors (Lipinski definition) is 1. The van der Waals surface area contributed by atoms with Crippen LogP contribution in [0.25, 0.3) is 20.8 Å². The fraction of sp³-hybridized carbons (Fsp3) is 0.167. The number of anilines is 1. The van der Waals surface area contributed by atoms with Crippen LogP contribution in [0.4, 0.5) is 5.00 Å². The second-order valence-electron chi connectivity index (χ2n) is 9.16. The number of benzene rings is 3. The normalized spacial score (nSPS) is 13.3. The second kappa shape index (κ2) is 10.5. The van der Waals surface area contributed by atoms with E-state index in [1.165, 1.54) is 23.1 Å². The number of hydrogen-bond acceptors (Lipinski definition) is 7. The zero-order valence-corrected chi connectivity index (χ0v) is 22.4. The highest BCUT2D eigenvalue weighted by atomic mass is 32.1. The number of amides is 1. The van der Waals surface area contributed by atoms with E-state index in [9.17, 15) is 9.59 Å². The number of ether oxygens (including phenoxy) is 1. The number of fused-ring (bicyclic) bond motifs is 2. The van der Waals surface area contributed by atoms with Crippen LogP contribution in [-0.2, 0) is 24.2 Å². The fourth-order valence-electron chi connectivity index (χ4n) is 4.78. The largest absolute Gasteiger partial charge is 0.465 e. The van der Waals surface area contributed by atoms with Gasteiger partial charge in [-0.1, -0.05) is 42.5 Å². The maximum absolute atomic E-state index is 13.3. The van der Waals surface area contributed by atoms with E-state index >= 15 is 0 Å². The summed E-state index contributed by atoms with van der Waals surface area (Å²) in [5, 5.41) is 4.91. The minimum Gasteiger partial charge on any atom is -0.465 e. The average Bonchev–Trinajstić information content (AvgIpc) is 3.53. The third kappa shape index (κ3) is 4.86. The van der Waals surface area contributed by atoms with Crippen molar-refractivity contribution in [1.29, 1.82) is 0 Å². The molecule has 6 nitrogen and oxygen atoms in total. The molecule has 3 heterocycles. The highest BCUT2D eigenvalue weighted by Gasteiger charge is 2.28. The Hall–Kier alpha value is -3.85. The first-order chi connectivity index (χ1) is 18.6. The van der Waals surface area contributed by atoms with Gasteiger partial charge in [-0.2, -0.15) is 0 Å². The van der Waals surface area contributed by atoms with Gasteiger partial charge in [0.25, 0.3) is 5.91 Å². The lowest BCUT2D eigenvalue weighted by Crippen LogP contribution is -2.29. The predicted molar refractivity (Wildman–Crippen MR) is 153 cm³/mol. The molecule has 2 aromatic heterocycles. The molecule has 190 valence electrons. The van der Waals surface area contributed by atoms with E-state index in [1.54, 1.807) is 46.9 Å². The van der Waals surface area contributed by atoms with E-state index in [0.717, 1.165) is 51.8 Å². The van der Waals surface area contributed by atoms with Crippen LogP contribution >= 0.6 is 22.7 Å². The van der Waals surface area contributed by atoms with Crippen molar-refractivity contribution in [3.8, 4) is 10.6 Å². The van der Waals surface area contributed by atoms with E-state index < -0.39 is 5.97 Å². The van der Waals surface area contributed by atoms with Gasteiger partial charge in [0.2, 0.25) is 0 Å². The molecule has 3 aromatic carbocycles. The molecule has 0 saturated carbocycles. The molecule has 1 aliphatic rings. The molecular weight excluding hydrogens is 514 g/mol. The summed E-state index contributed by atoms with van der Waals surface area (Å²) in [6.45, 7) is 2.66. The lowest BCUT2D eigenvalue weighted by molar-refractivity contribution is 0.0600. The van der Waals surface area contributed by atoms with Gasteiger partial charge in [0.15, 0.2) is 0 Å². The van der Waals surface area contributed by atoms with Crippen LogP contribution in [-0.4, -0.2) is 35.4 Å². The Kier molecular flexibility index (Phi) is 6.76. The minimum absolute atomic E-state index is 0.219. The molecule has 0 spiro atoms. The first kappa shape index (κ1) is 24.5. The molecule has 1 amide bonds. The standard InChI is InChI=1S/C30H25N3O3S2/c1-36-30(35)21-13-11-20(12-14-21)27(34)32-29-26(28-31-23-9-5-6-10-24(23)37-28)22-15-16-33(18-25(22)38-29)17-19-7-3-2-4-8-19/h2-14H,15-18H2,1H3,(H,32,34). The van der Waals surface area contributed by atoms with Gasteiger partial charge < -0.3 is 10.1 Å². The van der Waals surface area contributed by atoms with Gasteiger partial charge in [-0.15, -0.1) is 22.7 Å². The Morgan fingerprint density at radius 2 is 1.68 bits per heavy atom. The molecular formula is C30H25N3O3S2. The molecule has 0 atom stereocenters. The van der Waals surface area contributed by atoms with Crippen molar-refractivity contribution in [1.82, 2.24) is 9.88 Å². The molecule has 0 aliphatic carbocycles. The summed E-state index contributed by atoms with van der Waals surface area (Å²) in [5.41, 5.74) is 5.45. The zero-order valence-electron chi connectivity index (χ0n) is 20.8. The summed E-state index contributed by atoms with van der Waals surface area (Å²) in [7, 11) is 1.34. The summed E-state index contributed by atoms with van der Waals surface area (Å²) >= 11 is 3.29. The van der Waals surface area contributed by atoms with Gasteiger partial charge in [-0.05, 0) is 53.9 Å². The van der Waals surface area contributed by atoms with Gasteiger partial charge in [-0.3, -0.25) is 9.69 Å². The first-order valence-corrected chi connectivity index (χ1v) is 14.0. The third-order valence-electron chi connectivity index (χ3n) is 6.69. The molecule has 0 saturated heterocycles. The maximum atomic E-state index is 13.3. The van der Waals surface area contributed by atoms with Crippen molar-refractivity contribution in [3.05, 3.63) is 106 Å². The molecule has 0 fully saturated rings. The Morgan fingerprint density at radius 1 is 0.947 bits per heavy atom. The van der Waals surface area contributed by atoms with Crippen molar-refractivity contribution < 1.29 is 14.3 Å². The van der Waals surface area contributed by atoms with Crippen LogP contribution in [0.2, 0.25) is 0 Å². The number of para-hydroxylation sites is 1. The number of aromatic nitrogens is 1. The van der Waals surface area contributed by atoms with Crippen LogP contribution in [0.15, 0.2) is 78.9 Å². The topological polar surface area (TPSA) is 71.5 Å². The van der Waals surface area contributed by atoms with Crippen molar-refractivity contribution in [3.63, 3.8) is 0 Å². The van der Waals surface area contributed by atoms with Gasteiger partial charge in [0.05, 0.1) is 22.9 Å². The number of rotatable bonds is 6. The van der Waals surface area contributed by atoms with Crippen molar-refractivity contribution >= 4 is 49.8 Å². The van der Waals surface area contributed by atoms with Crippen molar-refractivity contribution in [2.45, 2.75) is 19.5 Å². The summed E-state index contributed by atoms with van der Waals surface area (Å²) in [5.74, 6) is -0.649. The van der Waals surface area contributed by atoms with E-state index in [4.69, 9.17) is 9.72 Å². The third-order valence-corrected chi connectivity index (χ3v) is 8.87. The number of thiazole rings is 1. The van der Waals surface area contributed by atoms with Crippen LogP contribution in [0, 0.1) is 0 Å². The summed E-state index contributed by atoms with van der Waals surface area (Å²) < 4.78 is 5.89. The van der Waals surface area contributed by atoms with E-state index in [0.29, 0.717) is 11.1 Å². The van der Waals surface area contributed by atoms with Crippen LogP contribution in [0.1, 0.15) is 36.7 Å². The minimum atomic E-state index is -0.430. The number of nitrogens with zero attached hydrogens (tertiary/aromatic N) is 2. The maximum Gasteiger partial charge on any atom is 0.337 e. The molecule has 0 radical (unpaired) electrons. The molecule has 5 aromatic rings. The number of carbonyl (C=O) groups is 2. The molecule has 38 heavy (non-hydrogen) atoms. The Bertz CT molecular complexity index is 1590. The van der Waals surface area contributed by atoms with Gasteiger partial charge in [-0.25, -0.2) is 9.78 Å². The van der Waals surface area contributed by atoms with E-state index in [-0.39, 0.29) is 5.91 Å². The number of thiophene rings is 1. The van der Waals surface area contributed by atoms with Gasteiger partial charge in [0.1, 0.15) is 10.0 Å². The Balaban J connectivity index is 1.33. The molecule has 1 aliphatic heterocycles. The van der Waals surface area contributed by atoms with Gasteiger partial charge in [0, 0.05) is 35.6 Å². The monoisotopic (exact) mass is 539 g/mol. The van der Waals surface area contributed by atoms with Gasteiger partial charge >= 0.3 is 5.97 Å². The Morgan fingerprint density at radius 3 is 2.45 bits per heavy atom. The predicted octanol–water partition coefficient (Wildman–Crippen LogP) is 6.62. The molecule has 0 unspecified atom stereocenters.